The molecule has 1 aliphatic heterocycles. The van der Waals surface area contributed by atoms with Crippen molar-refractivity contribution in [1.82, 2.24) is 14.8 Å². The van der Waals surface area contributed by atoms with Crippen LogP contribution in [-0.2, 0) is 21.9 Å². The highest BCUT2D eigenvalue weighted by molar-refractivity contribution is 7.99. The number of carbonyl (C=O) groups excluding carboxylic acids is 1. The maximum Gasteiger partial charge on any atom is 0.248 e. The molecule has 1 fully saturated rings. The van der Waals surface area contributed by atoms with Gasteiger partial charge in [-0.15, -0.1) is 10.2 Å². The summed E-state index contributed by atoms with van der Waals surface area (Å²) < 4.78 is 27.3. The van der Waals surface area contributed by atoms with E-state index in [1.165, 1.54) is 22.1 Å². The third-order valence-corrected chi connectivity index (χ3v) is 7.64. The third-order valence-electron chi connectivity index (χ3n) is 4.71. The minimum absolute atomic E-state index is 0.189. The van der Waals surface area contributed by atoms with Gasteiger partial charge in [0.1, 0.15) is 6.33 Å². The number of aromatic nitrogens is 3. The molecule has 2 aromatic carbocycles. The molecule has 0 saturated carbocycles. The summed E-state index contributed by atoms with van der Waals surface area (Å²) in [5, 5.41) is 11.5. The van der Waals surface area contributed by atoms with Crippen molar-refractivity contribution in [2.45, 2.75) is 16.5 Å². The summed E-state index contributed by atoms with van der Waals surface area (Å²) in [5.74, 6) is -0.0609. The zero-order valence-corrected chi connectivity index (χ0v) is 18.4. The number of sulfonamides is 1. The smallest absolute Gasteiger partial charge is 0.248 e. The Morgan fingerprint density at radius 2 is 1.87 bits per heavy atom. The first-order valence-electron chi connectivity index (χ1n) is 9.62. The van der Waals surface area contributed by atoms with E-state index in [0.29, 0.717) is 24.3 Å². The molecule has 0 unspecified atom stereocenters. The van der Waals surface area contributed by atoms with Crippen LogP contribution in [-0.4, -0.2) is 41.4 Å². The number of nitrogens with zero attached hydrogens (tertiary/aromatic N) is 4. The van der Waals surface area contributed by atoms with Crippen molar-refractivity contribution in [3.63, 3.8) is 0 Å². The van der Waals surface area contributed by atoms with Crippen LogP contribution < -0.4 is 9.62 Å². The van der Waals surface area contributed by atoms with Crippen LogP contribution in [0.1, 0.15) is 12.0 Å². The second-order valence-corrected chi connectivity index (χ2v) is 10.1. The summed E-state index contributed by atoms with van der Waals surface area (Å²) in [4.78, 5) is 13.2. The van der Waals surface area contributed by atoms with Gasteiger partial charge in [0.15, 0.2) is 5.16 Å². The molecule has 0 atom stereocenters. The van der Waals surface area contributed by atoms with E-state index in [1.807, 2.05) is 35.9 Å². The number of anilines is 2. The molecule has 1 saturated heterocycles. The fourth-order valence-electron chi connectivity index (χ4n) is 3.11. The highest BCUT2D eigenvalue weighted by Crippen LogP contribution is 2.26. The number of hydrogen-bond donors (Lipinski definition) is 1. The van der Waals surface area contributed by atoms with Crippen molar-refractivity contribution in [1.29, 1.82) is 0 Å². The molecule has 0 radical (unpaired) electrons. The first-order chi connectivity index (χ1) is 14.9. The summed E-state index contributed by atoms with van der Waals surface area (Å²) in [5.41, 5.74) is 2.15. The molecule has 8 nitrogen and oxygen atoms in total. The molecule has 1 aromatic heterocycles. The van der Waals surface area contributed by atoms with Gasteiger partial charge in [0.05, 0.1) is 11.4 Å². The molecule has 10 heteroatoms. The summed E-state index contributed by atoms with van der Waals surface area (Å²) in [6.07, 6.45) is 5.43. The third kappa shape index (κ3) is 5.15. The van der Waals surface area contributed by atoms with Gasteiger partial charge in [0.25, 0.3) is 0 Å². The van der Waals surface area contributed by atoms with Gasteiger partial charge >= 0.3 is 0 Å². The van der Waals surface area contributed by atoms with Crippen LogP contribution in [0, 0.1) is 0 Å². The molecule has 4 rings (SSSR count). The predicted octanol–water partition coefficient (Wildman–Crippen LogP) is 3.16. The molecule has 0 aliphatic carbocycles. The standard InChI is InChI=1S/C21H21N5O3S2/c1-25-15-22-24-21(25)30-19-10-6-17(7-11-19)23-20(27)12-5-16-3-8-18(9-4-16)26-13-2-14-31(26,28)29/h3-12,15H,2,13-14H2,1H3,(H,23,27)/b12-5+. The number of amides is 1. The van der Waals surface area contributed by atoms with Gasteiger partial charge in [-0.25, -0.2) is 8.42 Å². The number of rotatable bonds is 6. The van der Waals surface area contributed by atoms with Crippen LogP contribution in [0.25, 0.3) is 6.08 Å². The predicted molar refractivity (Wildman–Crippen MR) is 121 cm³/mol. The van der Waals surface area contributed by atoms with Crippen molar-refractivity contribution >= 4 is 45.1 Å². The normalized spacial score (nSPS) is 15.5. The monoisotopic (exact) mass is 455 g/mol. The summed E-state index contributed by atoms with van der Waals surface area (Å²) in [6, 6.07) is 14.6. The minimum Gasteiger partial charge on any atom is -0.323 e. The number of benzene rings is 2. The van der Waals surface area contributed by atoms with Gasteiger partial charge in [0, 0.05) is 30.3 Å². The lowest BCUT2D eigenvalue weighted by atomic mass is 10.2. The number of carbonyl (C=O) groups is 1. The zero-order chi connectivity index (χ0) is 21.8. The Kier molecular flexibility index (Phi) is 6.10. The van der Waals surface area contributed by atoms with Crippen LogP contribution in [0.5, 0.6) is 0 Å². The largest absolute Gasteiger partial charge is 0.323 e. The van der Waals surface area contributed by atoms with Crippen LogP contribution in [0.2, 0.25) is 0 Å². The van der Waals surface area contributed by atoms with Gasteiger partial charge in [-0.2, -0.15) is 0 Å². The highest BCUT2D eigenvalue weighted by atomic mass is 32.2. The van der Waals surface area contributed by atoms with Crippen molar-refractivity contribution in [2.24, 2.45) is 7.05 Å². The van der Waals surface area contributed by atoms with Crippen molar-refractivity contribution < 1.29 is 13.2 Å². The Labute approximate surface area is 185 Å². The number of hydrogen-bond acceptors (Lipinski definition) is 6. The van der Waals surface area contributed by atoms with Gasteiger partial charge in [-0.1, -0.05) is 12.1 Å². The van der Waals surface area contributed by atoms with Crippen LogP contribution >= 0.6 is 11.8 Å². The van der Waals surface area contributed by atoms with Crippen LogP contribution in [0.4, 0.5) is 11.4 Å². The number of aryl methyl sites for hydroxylation is 1. The fraction of sp³-hybridized carbons (Fsp3) is 0.190. The van der Waals surface area contributed by atoms with E-state index >= 15 is 0 Å². The average molecular weight is 456 g/mol. The average Bonchev–Trinajstić information content (AvgIpc) is 3.32. The Bertz CT molecular complexity index is 1200. The second-order valence-electron chi connectivity index (χ2n) is 7.01. The van der Waals surface area contributed by atoms with Crippen molar-refractivity contribution in [3.8, 4) is 0 Å². The lowest BCUT2D eigenvalue weighted by Gasteiger charge is -2.16. The van der Waals surface area contributed by atoms with Gasteiger partial charge in [-0.3, -0.25) is 9.10 Å². The summed E-state index contributed by atoms with van der Waals surface area (Å²) >= 11 is 1.49. The molecule has 2 heterocycles. The van der Waals surface area contributed by atoms with Crippen LogP contribution in [0.3, 0.4) is 0 Å². The molecule has 1 aliphatic rings. The first kappa shape index (κ1) is 21.1. The van der Waals surface area contributed by atoms with E-state index in [9.17, 15) is 13.2 Å². The molecule has 31 heavy (non-hydrogen) atoms. The van der Waals surface area contributed by atoms with E-state index in [4.69, 9.17) is 0 Å². The summed E-state index contributed by atoms with van der Waals surface area (Å²) in [7, 11) is -1.31. The molecule has 1 amide bonds. The minimum atomic E-state index is -3.19. The fourth-order valence-corrected chi connectivity index (χ4v) is 5.44. The van der Waals surface area contributed by atoms with Crippen molar-refractivity contribution in [2.75, 3.05) is 21.9 Å². The van der Waals surface area contributed by atoms with Gasteiger partial charge < -0.3 is 9.88 Å². The molecule has 160 valence electrons. The Morgan fingerprint density at radius 1 is 1.13 bits per heavy atom. The molecule has 0 spiro atoms. The zero-order valence-electron chi connectivity index (χ0n) is 16.8. The van der Waals surface area contributed by atoms with E-state index in [-0.39, 0.29) is 11.7 Å². The van der Waals surface area contributed by atoms with E-state index in [0.717, 1.165) is 15.6 Å². The van der Waals surface area contributed by atoms with Crippen LogP contribution in [0.15, 0.2) is 71.0 Å². The first-order valence-corrected chi connectivity index (χ1v) is 12.0. The second kappa shape index (κ2) is 8.94. The highest BCUT2D eigenvalue weighted by Gasteiger charge is 2.28. The van der Waals surface area contributed by atoms with Gasteiger partial charge in [0.2, 0.25) is 15.9 Å². The molecule has 0 bridgehead atoms. The Balaban J connectivity index is 1.33. The Hall–Kier alpha value is -3.11. The van der Waals surface area contributed by atoms with Gasteiger partial charge in [-0.05, 0) is 66.2 Å². The lowest BCUT2D eigenvalue weighted by molar-refractivity contribution is -0.111. The molecule has 3 aromatic rings. The molecule has 1 N–H and O–H groups in total. The lowest BCUT2D eigenvalue weighted by Crippen LogP contribution is -2.24. The molecular formula is C21H21N5O3S2. The Morgan fingerprint density at radius 3 is 2.48 bits per heavy atom. The SMILES string of the molecule is Cn1cnnc1Sc1ccc(NC(=O)/C=C/c2ccc(N3CCCS3(=O)=O)cc2)cc1. The maximum absolute atomic E-state index is 12.2. The van der Waals surface area contributed by atoms with E-state index in [2.05, 4.69) is 15.5 Å². The summed E-state index contributed by atoms with van der Waals surface area (Å²) in [6.45, 7) is 0.510. The maximum atomic E-state index is 12.2. The quantitative estimate of drug-likeness (QED) is 0.574. The van der Waals surface area contributed by atoms with Crippen molar-refractivity contribution in [3.05, 3.63) is 66.5 Å². The number of nitrogens with one attached hydrogen (secondary N) is 1. The van der Waals surface area contributed by atoms with E-state index in [1.54, 1.807) is 36.7 Å². The topological polar surface area (TPSA) is 97.2 Å². The van der Waals surface area contributed by atoms with E-state index < -0.39 is 10.0 Å². The molecular weight excluding hydrogens is 434 g/mol.